The van der Waals surface area contributed by atoms with Crippen LogP contribution in [0.1, 0.15) is 38.5 Å². The Morgan fingerprint density at radius 2 is 2.06 bits per heavy atom. The Kier molecular flexibility index (Phi) is 4.54. The maximum Gasteiger partial charge on any atom is 0.136 e. The Labute approximate surface area is 103 Å². The van der Waals surface area contributed by atoms with Gasteiger partial charge in [-0.25, -0.2) is 0 Å². The minimum absolute atomic E-state index is 0.0699. The molecule has 2 N–H and O–H groups in total. The Balaban J connectivity index is 1.89. The highest BCUT2D eigenvalue weighted by atomic mass is 16.5. The maximum atomic E-state index is 12.0. The van der Waals surface area contributed by atoms with Gasteiger partial charge in [-0.05, 0) is 38.6 Å². The average Bonchev–Trinajstić information content (AvgIpc) is 2.37. The monoisotopic (exact) mass is 241 g/mol. The fraction of sp³-hybridized carbons (Fsp3) is 0.923. The number of ether oxygens (including phenoxy) is 2. The van der Waals surface area contributed by atoms with Crippen LogP contribution in [0.15, 0.2) is 0 Å². The minimum Gasteiger partial charge on any atom is -0.381 e. The van der Waals surface area contributed by atoms with Crippen LogP contribution in [0.5, 0.6) is 0 Å². The Hall–Kier alpha value is -0.450. The van der Waals surface area contributed by atoms with Crippen LogP contribution >= 0.6 is 0 Å². The first-order valence-electron chi connectivity index (χ1n) is 6.70. The number of carbonyl (C=O) groups is 1. The van der Waals surface area contributed by atoms with E-state index in [0.29, 0.717) is 18.7 Å². The van der Waals surface area contributed by atoms with Crippen molar-refractivity contribution >= 4 is 5.78 Å². The lowest BCUT2D eigenvalue weighted by Gasteiger charge is -2.42. The second kappa shape index (κ2) is 5.94. The molecule has 0 bridgehead atoms. The number of hydrogen-bond acceptors (Lipinski definition) is 4. The molecule has 0 aromatic rings. The first-order valence-corrected chi connectivity index (χ1v) is 6.70. The van der Waals surface area contributed by atoms with Gasteiger partial charge in [-0.3, -0.25) is 4.79 Å². The summed E-state index contributed by atoms with van der Waals surface area (Å²) in [4.78, 5) is 12.0. The van der Waals surface area contributed by atoms with Crippen molar-refractivity contribution in [3.05, 3.63) is 0 Å². The van der Waals surface area contributed by atoms with Crippen LogP contribution in [-0.2, 0) is 14.3 Å². The van der Waals surface area contributed by atoms with E-state index in [2.05, 4.69) is 0 Å². The molecule has 4 nitrogen and oxygen atoms in total. The summed E-state index contributed by atoms with van der Waals surface area (Å²) < 4.78 is 11.3. The number of nitrogens with two attached hydrogens (primary N) is 1. The largest absolute Gasteiger partial charge is 0.381 e. The second-order valence-corrected chi connectivity index (χ2v) is 5.19. The van der Waals surface area contributed by atoms with Crippen LogP contribution in [0.4, 0.5) is 0 Å². The summed E-state index contributed by atoms with van der Waals surface area (Å²) in [6.45, 7) is 2.86. The summed E-state index contributed by atoms with van der Waals surface area (Å²) in [6, 6.07) is 0. The van der Waals surface area contributed by atoms with E-state index in [0.717, 1.165) is 51.9 Å². The van der Waals surface area contributed by atoms with Gasteiger partial charge in [0.05, 0.1) is 5.60 Å². The van der Waals surface area contributed by atoms with Crippen molar-refractivity contribution in [2.45, 2.75) is 44.1 Å². The summed E-state index contributed by atoms with van der Waals surface area (Å²) >= 11 is 0. The van der Waals surface area contributed by atoms with Crippen LogP contribution < -0.4 is 5.73 Å². The number of ketones is 1. The quantitative estimate of drug-likeness (QED) is 0.805. The van der Waals surface area contributed by atoms with Gasteiger partial charge in [0.2, 0.25) is 0 Å². The Bertz CT molecular complexity index is 256. The van der Waals surface area contributed by atoms with Crippen LogP contribution in [0.25, 0.3) is 0 Å². The predicted octanol–water partition coefficient (Wildman–Crippen LogP) is 1.27. The Morgan fingerprint density at radius 1 is 1.29 bits per heavy atom. The molecule has 2 saturated heterocycles. The van der Waals surface area contributed by atoms with Crippen molar-refractivity contribution in [2.24, 2.45) is 11.7 Å². The molecule has 0 amide bonds. The zero-order chi connectivity index (χ0) is 12.1. The van der Waals surface area contributed by atoms with Gasteiger partial charge in [-0.1, -0.05) is 0 Å². The molecule has 2 fully saturated rings. The predicted molar refractivity (Wildman–Crippen MR) is 64.8 cm³/mol. The number of rotatable bonds is 4. The van der Waals surface area contributed by atoms with E-state index in [1.165, 1.54) is 0 Å². The molecule has 0 aromatic carbocycles. The van der Waals surface area contributed by atoms with Gasteiger partial charge < -0.3 is 15.2 Å². The van der Waals surface area contributed by atoms with Crippen molar-refractivity contribution in [1.29, 1.82) is 0 Å². The highest BCUT2D eigenvalue weighted by molar-refractivity contribution is 5.81. The van der Waals surface area contributed by atoms with Gasteiger partial charge in [0, 0.05) is 32.2 Å². The maximum absolute atomic E-state index is 12.0. The van der Waals surface area contributed by atoms with Crippen molar-refractivity contribution in [2.75, 3.05) is 26.4 Å². The summed E-state index contributed by atoms with van der Waals surface area (Å²) in [7, 11) is 0. The van der Waals surface area contributed by atoms with Crippen LogP contribution in [-0.4, -0.2) is 37.7 Å². The Morgan fingerprint density at radius 3 is 2.76 bits per heavy atom. The molecular formula is C13H23NO3. The molecule has 0 aliphatic carbocycles. The smallest absolute Gasteiger partial charge is 0.136 e. The SMILES string of the molecule is NCCCC(=O)C1CCOC2(CCOCC2)C1. The standard InChI is InChI=1S/C13H23NO3/c14-6-1-2-12(15)11-3-7-17-13(10-11)4-8-16-9-5-13/h11H,1-10,14H2. The topological polar surface area (TPSA) is 61.6 Å². The fourth-order valence-corrected chi connectivity index (χ4v) is 2.87. The van der Waals surface area contributed by atoms with Crippen LogP contribution in [0.3, 0.4) is 0 Å². The highest BCUT2D eigenvalue weighted by Gasteiger charge is 2.40. The van der Waals surface area contributed by atoms with E-state index in [9.17, 15) is 4.79 Å². The first-order chi connectivity index (χ1) is 8.26. The second-order valence-electron chi connectivity index (χ2n) is 5.19. The summed E-state index contributed by atoms with van der Waals surface area (Å²) in [5.41, 5.74) is 5.38. The van der Waals surface area contributed by atoms with E-state index < -0.39 is 0 Å². The molecule has 1 unspecified atom stereocenters. The number of carbonyl (C=O) groups excluding carboxylic acids is 1. The zero-order valence-electron chi connectivity index (χ0n) is 10.5. The average molecular weight is 241 g/mol. The molecule has 2 aliphatic rings. The lowest BCUT2D eigenvalue weighted by molar-refractivity contribution is -0.157. The molecule has 4 heteroatoms. The number of hydrogen-bond donors (Lipinski definition) is 1. The normalized spacial score (nSPS) is 28.2. The van der Waals surface area contributed by atoms with Gasteiger partial charge in [0.1, 0.15) is 5.78 Å². The molecule has 1 atom stereocenters. The van der Waals surface area contributed by atoms with Crippen molar-refractivity contribution in [3.63, 3.8) is 0 Å². The third-order valence-electron chi connectivity index (χ3n) is 3.98. The fourth-order valence-electron chi connectivity index (χ4n) is 2.87. The summed E-state index contributed by atoms with van der Waals surface area (Å²) in [5.74, 6) is 0.568. The van der Waals surface area contributed by atoms with E-state index >= 15 is 0 Å². The lowest BCUT2D eigenvalue weighted by Crippen LogP contribution is -2.45. The lowest BCUT2D eigenvalue weighted by atomic mass is 9.78. The van der Waals surface area contributed by atoms with Gasteiger partial charge in [-0.2, -0.15) is 0 Å². The van der Waals surface area contributed by atoms with E-state index in [4.69, 9.17) is 15.2 Å². The molecule has 0 saturated carbocycles. The molecule has 0 radical (unpaired) electrons. The third-order valence-corrected chi connectivity index (χ3v) is 3.98. The molecule has 2 rings (SSSR count). The summed E-state index contributed by atoms with van der Waals surface area (Å²) in [5, 5.41) is 0. The first kappa shape index (κ1) is 13.0. The highest BCUT2D eigenvalue weighted by Crippen LogP contribution is 2.37. The van der Waals surface area contributed by atoms with Gasteiger partial charge in [-0.15, -0.1) is 0 Å². The van der Waals surface area contributed by atoms with Crippen molar-refractivity contribution in [3.8, 4) is 0 Å². The zero-order valence-corrected chi connectivity index (χ0v) is 10.5. The minimum atomic E-state index is -0.0699. The van der Waals surface area contributed by atoms with Gasteiger partial charge in [0.25, 0.3) is 0 Å². The third kappa shape index (κ3) is 3.27. The molecule has 2 heterocycles. The van der Waals surface area contributed by atoms with Crippen LogP contribution in [0.2, 0.25) is 0 Å². The molecular weight excluding hydrogens is 218 g/mol. The van der Waals surface area contributed by atoms with Crippen LogP contribution in [0, 0.1) is 5.92 Å². The van der Waals surface area contributed by atoms with E-state index in [1.54, 1.807) is 0 Å². The van der Waals surface area contributed by atoms with Gasteiger partial charge in [0.15, 0.2) is 0 Å². The van der Waals surface area contributed by atoms with Crippen molar-refractivity contribution in [1.82, 2.24) is 0 Å². The number of Topliss-reactive ketones (excluding diaryl/α,β-unsaturated/α-hetero) is 1. The summed E-state index contributed by atoms with van der Waals surface area (Å²) in [6.07, 6.45) is 5.09. The van der Waals surface area contributed by atoms with Gasteiger partial charge >= 0.3 is 0 Å². The molecule has 2 aliphatic heterocycles. The van der Waals surface area contributed by atoms with E-state index in [1.807, 2.05) is 0 Å². The van der Waals surface area contributed by atoms with Crippen molar-refractivity contribution < 1.29 is 14.3 Å². The van der Waals surface area contributed by atoms with E-state index in [-0.39, 0.29) is 11.5 Å². The molecule has 0 aromatic heterocycles. The molecule has 98 valence electrons. The molecule has 1 spiro atoms. The molecule has 17 heavy (non-hydrogen) atoms.